The van der Waals surface area contributed by atoms with Gasteiger partial charge in [-0.3, -0.25) is 4.79 Å². The van der Waals surface area contributed by atoms with Crippen molar-refractivity contribution in [2.24, 2.45) is 0 Å². The van der Waals surface area contributed by atoms with Crippen molar-refractivity contribution in [3.8, 4) is 0 Å². The molecule has 1 atom stereocenters. The molecule has 2 heterocycles. The lowest BCUT2D eigenvalue weighted by Crippen LogP contribution is -2.36. The lowest BCUT2D eigenvalue weighted by molar-refractivity contribution is -0.117. The fourth-order valence-corrected chi connectivity index (χ4v) is 4.26. The summed E-state index contributed by atoms with van der Waals surface area (Å²) < 4.78 is 0. The van der Waals surface area contributed by atoms with Gasteiger partial charge in [-0.05, 0) is 51.0 Å². The summed E-state index contributed by atoms with van der Waals surface area (Å²) in [5, 5.41) is 2.95. The first-order valence-corrected chi connectivity index (χ1v) is 9.82. The third kappa shape index (κ3) is 4.55. The highest BCUT2D eigenvalue weighted by Crippen LogP contribution is 2.48. The van der Waals surface area contributed by atoms with E-state index in [-0.39, 0.29) is 11.3 Å². The Hall–Kier alpha value is -1.55. The SMILES string of the molecule is CCCN(CCC)CCC.CN1CC2(C)CC(=O)Nc3cccc1c32. The van der Waals surface area contributed by atoms with Gasteiger partial charge in [-0.15, -0.1) is 0 Å². The number of benzene rings is 1. The maximum Gasteiger partial charge on any atom is 0.225 e. The molecule has 1 unspecified atom stereocenters. The second kappa shape index (κ2) is 8.70. The average Bonchev–Trinajstić information content (AvgIpc) is 2.80. The molecular formula is C21H35N3O. The van der Waals surface area contributed by atoms with Gasteiger partial charge in [0.1, 0.15) is 0 Å². The van der Waals surface area contributed by atoms with Crippen LogP contribution in [0.1, 0.15) is 58.9 Å². The summed E-state index contributed by atoms with van der Waals surface area (Å²) in [5.41, 5.74) is 3.57. The largest absolute Gasteiger partial charge is 0.373 e. The van der Waals surface area contributed by atoms with E-state index in [1.54, 1.807) is 0 Å². The van der Waals surface area contributed by atoms with Crippen LogP contribution in [0.3, 0.4) is 0 Å². The van der Waals surface area contributed by atoms with E-state index in [4.69, 9.17) is 0 Å². The minimum absolute atomic E-state index is 0.00299. The minimum Gasteiger partial charge on any atom is -0.373 e. The lowest BCUT2D eigenvalue weighted by atomic mass is 9.78. The average molecular weight is 346 g/mol. The lowest BCUT2D eigenvalue weighted by Gasteiger charge is -2.30. The maximum absolute atomic E-state index is 11.6. The normalized spacial score (nSPS) is 20.9. The molecule has 0 spiro atoms. The van der Waals surface area contributed by atoms with E-state index < -0.39 is 0 Å². The van der Waals surface area contributed by atoms with E-state index in [0.717, 1.165) is 12.2 Å². The molecule has 4 nitrogen and oxygen atoms in total. The third-order valence-electron chi connectivity index (χ3n) is 5.09. The highest BCUT2D eigenvalue weighted by molar-refractivity contribution is 5.98. The molecule has 3 rings (SSSR count). The van der Waals surface area contributed by atoms with Crippen LogP contribution in [-0.2, 0) is 10.2 Å². The van der Waals surface area contributed by atoms with Crippen molar-refractivity contribution in [1.82, 2.24) is 4.90 Å². The molecule has 1 amide bonds. The van der Waals surface area contributed by atoms with Gasteiger partial charge >= 0.3 is 0 Å². The van der Waals surface area contributed by atoms with Crippen LogP contribution < -0.4 is 10.2 Å². The Balaban J connectivity index is 0.000000199. The van der Waals surface area contributed by atoms with Gasteiger partial charge in [0, 0.05) is 42.4 Å². The van der Waals surface area contributed by atoms with Crippen molar-refractivity contribution in [3.05, 3.63) is 23.8 Å². The Labute approximate surface area is 153 Å². The van der Waals surface area contributed by atoms with E-state index in [2.05, 4.69) is 55.9 Å². The van der Waals surface area contributed by atoms with Crippen LogP contribution in [0.5, 0.6) is 0 Å². The van der Waals surface area contributed by atoms with Gasteiger partial charge in [-0.25, -0.2) is 0 Å². The summed E-state index contributed by atoms with van der Waals surface area (Å²) in [7, 11) is 2.09. The first kappa shape index (κ1) is 19.8. The van der Waals surface area contributed by atoms with Crippen molar-refractivity contribution in [2.45, 2.75) is 58.8 Å². The number of likely N-dealkylation sites (N-methyl/N-ethyl adjacent to an activating group) is 1. The molecule has 2 aliphatic heterocycles. The molecule has 0 aromatic heterocycles. The van der Waals surface area contributed by atoms with E-state index in [1.165, 1.54) is 50.1 Å². The summed E-state index contributed by atoms with van der Waals surface area (Å²) in [4.78, 5) is 16.4. The topological polar surface area (TPSA) is 35.6 Å². The summed E-state index contributed by atoms with van der Waals surface area (Å²) in [6, 6.07) is 6.12. The molecule has 4 heteroatoms. The molecule has 0 bridgehead atoms. The third-order valence-corrected chi connectivity index (χ3v) is 5.09. The monoisotopic (exact) mass is 345 g/mol. The predicted molar refractivity (Wildman–Crippen MR) is 108 cm³/mol. The zero-order valence-corrected chi connectivity index (χ0v) is 16.7. The van der Waals surface area contributed by atoms with Crippen LogP contribution >= 0.6 is 0 Å². The summed E-state index contributed by atoms with van der Waals surface area (Å²) in [6.45, 7) is 13.7. The van der Waals surface area contributed by atoms with E-state index in [9.17, 15) is 4.79 Å². The van der Waals surface area contributed by atoms with Crippen molar-refractivity contribution in [3.63, 3.8) is 0 Å². The fourth-order valence-electron chi connectivity index (χ4n) is 4.26. The van der Waals surface area contributed by atoms with Crippen LogP contribution in [0.15, 0.2) is 18.2 Å². The fraction of sp³-hybridized carbons (Fsp3) is 0.667. The van der Waals surface area contributed by atoms with Gasteiger partial charge in [0.05, 0.1) is 0 Å². The zero-order chi connectivity index (χ0) is 18.4. The van der Waals surface area contributed by atoms with Crippen LogP contribution in [0, 0.1) is 0 Å². The Bertz CT molecular complexity index is 572. The Kier molecular flexibility index (Phi) is 6.88. The summed E-state index contributed by atoms with van der Waals surface area (Å²) in [6.07, 6.45) is 4.47. The van der Waals surface area contributed by atoms with Gasteiger partial charge in [0.25, 0.3) is 0 Å². The van der Waals surface area contributed by atoms with Crippen molar-refractivity contribution >= 4 is 17.3 Å². The number of hydrogen-bond acceptors (Lipinski definition) is 3. The standard InChI is InChI=1S/C12H14N2O.C9H21N/c1-12-6-10(15)13-8-4-3-5-9(11(8)12)14(2)7-12;1-4-7-10(8-5-2)9-6-3/h3-5H,6-7H2,1-2H3,(H,13,15);4-9H2,1-3H3. The Morgan fingerprint density at radius 2 is 1.72 bits per heavy atom. The van der Waals surface area contributed by atoms with E-state index in [1.807, 2.05) is 12.1 Å². The number of rotatable bonds is 6. The van der Waals surface area contributed by atoms with E-state index in [0.29, 0.717) is 6.42 Å². The quantitative estimate of drug-likeness (QED) is 0.837. The number of nitrogens with zero attached hydrogens (tertiary/aromatic N) is 2. The molecule has 1 aromatic rings. The molecule has 0 aliphatic carbocycles. The predicted octanol–water partition coefficient (Wildman–Crippen LogP) is 4.25. The zero-order valence-electron chi connectivity index (χ0n) is 16.7. The number of hydrogen-bond donors (Lipinski definition) is 1. The molecule has 0 saturated heterocycles. The van der Waals surface area contributed by atoms with Gasteiger partial charge in [-0.1, -0.05) is 33.8 Å². The molecule has 140 valence electrons. The highest BCUT2D eigenvalue weighted by Gasteiger charge is 2.43. The Morgan fingerprint density at radius 3 is 2.28 bits per heavy atom. The van der Waals surface area contributed by atoms with Crippen LogP contribution in [-0.4, -0.2) is 44.0 Å². The minimum atomic E-state index is 0.00299. The van der Waals surface area contributed by atoms with Gasteiger partial charge < -0.3 is 15.1 Å². The molecular weight excluding hydrogens is 310 g/mol. The first-order valence-electron chi connectivity index (χ1n) is 9.82. The summed E-state index contributed by atoms with van der Waals surface area (Å²) in [5.74, 6) is 0.137. The van der Waals surface area contributed by atoms with Crippen LogP contribution in [0.25, 0.3) is 0 Å². The molecule has 2 aliphatic rings. The molecule has 1 aromatic carbocycles. The number of anilines is 2. The second-order valence-electron chi connectivity index (χ2n) is 7.68. The number of carbonyl (C=O) groups is 1. The van der Waals surface area contributed by atoms with Crippen molar-refractivity contribution in [1.29, 1.82) is 0 Å². The molecule has 0 radical (unpaired) electrons. The van der Waals surface area contributed by atoms with Gasteiger partial charge in [-0.2, -0.15) is 0 Å². The van der Waals surface area contributed by atoms with E-state index >= 15 is 0 Å². The number of amides is 1. The molecule has 1 N–H and O–H groups in total. The maximum atomic E-state index is 11.6. The van der Waals surface area contributed by atoms with Crippen LogP contribution in [0.4, 0.5) is 11.4 Å². The highest BCUT2D eigenvalue weighted by atomic mass is 16.1. The first-order chi connectivity index (χ1) is 11.9. The van der Waals surface area contributed by atoms with Gasteiger partial charge in [0.2, 0.25) is 5.91 Å². The Morgan fingerprint density at radius 1 is 1.12 bits per heavy atom. The molecule has 0 saturated carbocycles. The molecule has 25 heavy (non-hydrogen) atoms. The molecule has 0 fully saturated rings. The van der Waals surface area contributed by atoms with Crippen LogP contribution in [0.2, 0.25) is 0 Å². The smallest absolute Gasteiger partial charge is 0.225 e. The van der Waals surface area contributed by atoms with Gasteiger partial charge in [0.15, 0.2) is 0 Å². The van der Waals surface area contributed by atoms with Crippen molar-refractivity contribution in [2.75, 3.05) is 43.4 Å². The number of carbonyl (C=O) groups excluding carboxylic acids is 1. The second-order valence-corrected chi connectivity index (χ2v) is 7.68. The summed E-state index contributed by atoms with van der Waals surface area (Å²) >= 11 is 0. The number of nitrogens with one attached hydrogen (secondary N) is 1. The van der Waals surface area contributed by atoms with Crippen molar-refractivity contribution < 1.29 is 4.79 Å².